The van der Waals surface area contributed by atoms with Crippen molar-refractivity contribution in [2.45, 2.75) is 42.2 Å². The fraction of sp³-hybridized carbons (Fsp3) is 0.273. The van der Waals surface area contributed by atoms with E-state index in [0.717, 1.165) is 24.6 Å². The van der Waals surface area contributed by atoms with E-state index < -0.39 is 0 Å². The second kappa shape index (κ2) is 9.73. The van der Waals surface area contributed by atoms with E-state index in [0.29, 0.717) is 35.6 Å². The van der Waals surface area contributed by atoms with Gasteiger partial charge in [0.05, 0.1) is 25.4 Å². The van der Waals surface area contributed by atoms with E-state index in [-0.39, 0.29) is 16.5 Å². The Morgan fingerprint density at radius 3 is 2.65 bits per heavy atom. The Morgan fingerprint density at radius 1 is 1.19 bits per heavy atom. The van der Waals surface area contributed by atoms with Crippen LogP contribution in [0.2, 0.25) is 5.02 Å². The predicted molar refractivity (Wildman–Crippen MR) is 133 cm³/mol. The lowest BCUT2D eigenvalue weighted by molar-refractivity contribution is -0.387. The van der Waals surface area contributed by atoms with Gasteiger partial charge < -0.3 is 0 Å². The number of nitro groups is 1. The Morgan fingerprint density at radius 2 is 1.94 bits per heavy atom. The molecule has 31 heavy (non-hydrogen) atoms. The summed E-state index contributed by atoms with van der Waals surface area (Å²) in [4.78, 5) is 26.8. The third-order valence-electron chi connectivity index (χ3n) is 5.21. The SMILES string of the molecule is O=C1/C(=C\c2ccc(SC3CCCCC3)c([N+](=O)[O-])c2)SC(=S)N1c1ccccc1Cl. The molecular formula is C22H19ClN2O3S3. The monoisotopic (exact) mass is 490 g/mol. The van der Waals surface area contributed by atoms with E-state index >= 15 is 0 Å². The van der Waals surface area contributed by atoms with Crippen LogP contribution in [0.25, 0.3) is 6.08 Å². The molecule has 1 aliphatic heterocycles. The molecule has 9 heteroatoms. The number of thiocarbonyl (C=S) groups is 1. The first-order valence-corrected chi connectivity index (χ1v) is 12.4. The van der Waals surface area contributed by atoms with Gasteiger partial charge >= 0.3 is 0 Å². The van der Waals surface area contributed by atoms with Crippen molar-refractivity contribution in [1.82, 2.24) is 0 Å². The van der Waals surface area contributed by atoms with Crippen molar-refractivity contribution in [3.8, 4) is 0 Å². The number of hydrogen-bond donors (Lipinski definition) is 0. The predicted octanol–water partition coefficient (Wildman–Crippen LogP) is 7.08. The number of thioether (sulfide) groups is 2. The Bertz CT molecular complexity index is 1080. The minimum atomic E-state index is -0.350. The summed E-state index contributed by atoms with van der Waals surface area (Å²) >= 11 is 14.4. The molecule has 0 aromatic heterocycles. The van der Waals surface area contributed by atoms with Crippen LogP contribution in [0.5, 0.6) is 0 Å². The minimum absolute atomic E-state index is 0.0749. The van der Waals surface area contributed by atoms with Gasteiger partial charge in [-0.3, -0.25) is 19.8 Å². The molecule has 1 saturated carbocycles. The largest absolute Gasteiger partial charge is 0.283 e. The lowest BCUT2D eigenvalue weighted by Crippen LogP contribution is -2.27. The number of para-hydroxylation sites is 1. The van der Waals surface area contributed by atoms with Crippen LogP contribution in [0.3, 0.4) is 0 Å². The van der Waals surface area contributed by atoms with Gasteiger partial charge in [-0.1, -0.05) is 73.0 Å². The zero-order chi connectivity index (χ0) is 22.0. The van der Waals surface area contributed by atoms with E-state index in [2.05, 4.69) is 0 Å². The van der Waals surface area contributed by atoms with Gasteiger partial charge in [-0.15, -0.1) is 11.8 Å². The maximum absolute atomic E-state index is 13.0. The van der Waals surface area contributed by atoms with Gasteiger partial charge in [-0.25, -0.2) is 0 Å². The highest BCUT2D eigenvalue weighted by Crippen LogP contribution is 2.41. The van der Waals surface area contributed by atoms with E-state index in [4.69, 9.17) is 23.8 Å². The summed E-state index contributed by atoms with van der Waals surface area (Å²) in [6.45, 7) is 0. The van der Waals surface area contributed by atoms with Crippen LogP contribution in [0.15, 0.2) is 52.3 Å². The third-order valence-corrected chi connectivity index (χ3v) is 8.24. The van der Waals surface area contributed by atoms with E-state index in [1.54, 1.807) is 48.2 Å². The van der Waals surface area contributed by atoms with Crippen molar-refractivity contribution < 1.29 is 9.72 Å². The average Bonchev–Trinajstić information content (AvgIpc) is 3.03. The van der Waals surface area contributed by atoms with Gasteiger partial charge in [-0.2, -0.15) is 0 Å². The first kappa shape index (κ1) is 22.3. The zero-order valence-corrected chi connectivity index (χ0v) is 19.7. The molecule has 0 radical (unpaired) electrons. The topological polar surface area (TPSA) is 63.4 Å². The molecule has 0 bridgehead atoms. The number of benzene rings is 2. The average molecular weight is 491 g/mol. The van der Waals surface area contributed by atoms with Gasteiger partial charge in [0.2, 0.25) is 0 Å². The number of anilines is 1. The molecule has 2 aromatic rings. The summed E-state index contributed by atoms with van der Waals surface area (Å²) in [7, 11) is 0. The second-order valence-corrected chi connectivity index (χ2v) is 10.8. The van der Waals surface area contributed by atoms with Crippen molar-refractivity contribution in [2.75, 3.05) is 4.90 Å². The third kappa shape index (κ3) is 4.98. The quantitative estimate of drug-likeness (QED) is 0.193. The van der Waals surface area contributed by atoms with E-state index in [1.165, 1.54) is 30.2 Å². The van der Waals surface area contributed by atoms with E-state index in [1.807, 2.05) is 6.07 Å². The fourth-order valence-electron chi connectivity index (χ4n) is 3.69. The molecular weight excluding hydrogens is 472 g/mol. The summed E-state index contributed by atoms with van der Waals surface area (Å²) in [5.74, 6) is -0.286. The normalized spacial score (nSPS) is 18.7. The van der Waals surface area contributed by atoms with Crippen LogP contribution in [0.1, 0.15) is 37.7 Å². The first-order valence-electron chi connectivity index (χ1n) is 9.91. The maximum atomic E-state index is 13.0. The number of amides is 1. The molecule has 5 nitrogen and oxygen atoms in total. The molecule has 1 saturated heterocycles. The maximum Gasteiger partial charge on any atom is 0.283 e. The van der Waals surface area contributed by atoms with Crippen LogP contribution >= 0.6 is 47.3 Å². The summed E-state index contributed by atoms with van der Waals surface area (Å²) in [6.07, 6.45) is 7.43. The molecule has 2 fully saturated rings. The number of nitrogens with zero attached hydrogens (tertiary/aromatic N) is 2. The number of carbonyl (C=O) groups excluding carboxylic acids is 1. The van der Waals surface area contributed by atoms with Gasteiger partial charge in [0.1, 0.15) is 0 Å². The Hall–Kier alpha value is -1.87. The highest BCUT2D eigenvalue weighted by Gasteiger charge is 2.34. The summed E-state index contributed by atoms with van der Waals surface area (Å²) < 4.78 is 0.378. The number of hydrogen-bond acceptors (Lipinski definition) is 6. The van der Waals surface area contributed by atoms with Crippen LogP contribution in [-0.4, -0.2) is 20.4 Å². The fourth-order valence-corrected chi connectivity index (χ4v) is 6.52. The standard InChI is InChI=1S/C22H19ClN2O3S3/c23-16-8-4-5-9-17(16)24-21(26)20(31-22(24)29)13-14-10-11-19(18(12-14)25(27)28)30-15-6-2-1-3-7-15/h4-5,8-13,15H,1-3,6-7H2/b20-13+. The van der Waals surface area contributed by atoms with Crippen molar-refractivity contribution in [1.29, 1.82) is 0 Å². The molecule has 160 valence electrons. The second-order valence-electron chi connectivity index (χ2n) is 7.33. The highest BCUT2D eigenvalue weighted by atomic mass is 35.5. The molecule has 0 N–H and O–H groups in total. The summed E-state index contributed by atoms with van der Waals surface area (Å²) in [5.41, 5.74) is 1.20. The molecule has 0 spiro atoms. The van der Waals surface area contributed by atoms with Crippen LogP contribution < -0.4 is 4.90 Å². The lowest BCUT2D eigenvalue weighted by atomic mass is 10.0. The number of carbonyl (C=O) groups is 1. The van der Waals surface area contributed by atoms with Crippen LogP contribution in [0, 0.1) is 10.1 Å². The minimum Gasteiger partial charge on any atom is -0.268 e. The molecule has 1 aliphatic carbocycles. The molecule has 4 rings (SSSR count). The first-order chi connectivity index (χ1) is 14.9. The summed E-state index contributed by atoms with van der Waals surface area (Å²) in [6, 6.07) is 12.1. The zero-order valence-electron chi connectivity index (χ0n) is 16.5. The molecule has 1 heterocycles. The van der Waals surface area contributed by atoms with Crippen molar-refractivity contribution in [3.63, 3.8) is 0 Å². The van der Waals surface area contributed by atoms with Crippen LogP contribution in [0.4, 0.5) is 11.4 Å². The molecule has 1 amide bonds. The molecule has 0 atom stereocenters. The summed E-state index contributed by atoms with van der Waals surface area (Å²) in [5, 5.41) is 12.6. The van der Waals surface area contributed by atoms with Crippen molar-refractivity contribution in [2.24, 2.45) is 0 Å². The Kier molecular flexibility index (Phi) is 7.01. The molecule has 2 aromatic carbocycles. The molecule has 0 unspecified atom stereocenters. The number of nitro benzene ring substituents is 1. The van der Waals surface area contributed by atoms with Crippen LogP contribution in [-0.2, 0) is 4.79 Å². The number of halogens is 1. The van der Waals surface area contributed by atoms with Gasteiger partial charge in [0.25, 0.3) is 11.6 Å². The van der Waals surface area contributed by atoms with Gasteiger partial charge in [0, 0.05) is 11.3 Å². The van der Waals surface area contributed by atoms with Gasteiger partial charge in [0.15, 0.2) is 4.32 Å². The van der Waals surface area contributed by atoms with Crippen molar-refractivity contribution in [3.05, 3.63) is 68.1 Å². The molecule has 2 aliphatic rings. The number of rotatable bonds is 5. The van der Waals surface area contributed by atoms with Gasteiger partial charge in [-0.05, 0) is 42.7 Å². The lowest BCUT2D eigenvalue weighted by Gasteiger charge is -2.20. The Balaban J connectivity index is 1.60. The Labute approximate surface area is 199 Å². The van der Waals surface area contributed by atoms with E-state index in [9.17, 15) is 14.9 Å². The van der Waals surface area contributed by atoms with Crippen molar-refractivity contribution >= 4 is 75.0 Å². The highest BCUT2D eigenvalue weighted by molar-refractivity contribution is 8.27. The smallest absolute Gasteiger partial charge is 0.268 e.